The lowest BCUT2D eigenvalue weighted by Gasteiger charge is -2.13. The summed E-state index contributed by atoms with van der Waals surface area (Å²) in [5.41, 5.74) is 2.18. The Labute approximate surface area is 203 Å². The van der Waals surface area contributed by atoms with Gasteiger partial charge in [0.25, 0.3) is 11.6 Å². The summed E-state index contributed by atoms with van der Waals surface area (Å²) in [4.78, 5) is 27.3. The molecule has 0 unspecified atom stereocenters. The summed E-state index contributed by atoms with van der Waals surface area (Å²) in [6.45, 7) is -0.00647. The molecule has 0 radical (unpaired) electrons. The fourth-order valence-electron chi connectivity index (χ4n) is 2.74. The lowest BCUT2D eigenvalue weighted by atomic mass is 10.2. The van der Waals surface area contributed by atoms with Crippen molar-refractivity contribution in [2.75, 3.05) is 19.0 Å². The van der Waals surface area contributed by atoms with Crippen LogP contribution in [-0.4, -0.2) is 30.8 Å². The highest BCUT2D eigenvalue weighted by Crippen LogP contribution is 2.34. The first-order valence-corrected chi connectivity index (χ1v) is 10.8. The van der Waals surface area contributed by atoms with Crippen molar-refractivity contribution in [3.63, 3.8) is 0 Å². The van der Waals surface area contributed by atoms with Crippen molar-refractivity contribution in [3.8, 4) is 11.5 Å². The second kappa shape index (κ2) is 11.8. The van der Waals surface area contributed by atoms with Gasteiger partial charge in [0.2, 0.25) is 0 Å². The van der Waals surface area contributed by atoms with Crippen molar-refractivity contribution >= 4 is 46.1 Å². The van der Waals surface area contributed by atoms with Crippen LogP contribution in [0.3, 0.4) is 0 Å². The second-order valence-corrected chi connectivity index (χ2v) is 7.83. The Morgan fingerprint density at radius 2 is 1.88 bits per heavy atom. The van der Waals surface area contributed by atoms with Gasteiger partial charge in [-0.05, 0) is 64.6 Å². The number of nitro groups is 1. The van der Waals surface area contributed by atoms with E-state index in [1.807, 2.05) is 24.3 Å². The van der Waals surface area contributed by atoms with E-state index in [0.717, 1.165) is 9.13 Å². The molecule has 0 heterocycles. The van der Waals surface area contributed by atoms with Gasteiger partial charge in [0.05, 0.1) is 21.8 Å². The Morgan fingerprint density at radius 3 is 2.55 bits per heavy atom. The SMILES string of the molecule is COc1cc(/C=N/OCC(=O)Nc2ccccc2)cc(I)c1OCc1ccc([N+](=O)[O-])cc1. The number of carbonyl (C=O) groups is 1. The number of methoxy groups -OCH3 is 1. The Kier molecular flexibility index (Phi) is 8.58. The van der Waals surface area contributed by atoms with Crippen LogP contribution >= 0.6 is 22.6 Å². The van der Waals surface area contributed by atoms with E-state index in [9.17, 15) is 14.9 Å². The molecule has 0 saturated heterocycles. The zero-order chi connectivity index (χ0) is 23.6. The molecule has 0 fully saturated rings. The number of carbonyl (C=O) groups excluding carboxylic acids is 1. The zero-order valence-electron chi connectivity index (χ0n) is 17.6. The summed E-state index contributed by atoms with van der Waals surface area (Å²) in [7, 11) is 1.52. The molecule has 3 aromatic carbocycles. The number of oxime groups is 1. The Bertz CT molecular complexity index is 1140. The van der Waals surface area contributed by atoms with Crippen LogP contribution in [0.2, 0.25) is 0 Å². The average Bonchev–Trinajstić information content (AvgIpc) is 2.81. The van der Waals surface area contributed by atoms with Gasteiger partial charge in [0.1, 0.15) is 6.61 Å². The lowest BCUT2D eigenvalue weighted by Crippen LogP contribution is -2.16. The van der Waals surface area contributed by atoms with Crippen LogP contribution in [0.5, 0.6) is 11.5 Å². The standard InChI is InChI=1S/C23H20IN3O6/c1-31-21-12-17(13-25-33-15-22(28)26-18-5-3-2-4-6-18)11-20(24)23(21)32-14-16-7-9-19(10-8-16)27(29)30/h2-13H,14-15H2,1H3,(H,26,28)/b25-13+. The summed E-state index contributed by atoms with van der Waals surface area (Å²) in [5.74, 6) is 0.712. The molecule has 33 heavy (non-hydrogen) atoms. The molecule has 0 bridgehead atoms. The fraction of sp³-hybridized carbons (Fsp3) is 0.130. The van der Waals surface area contributed by atoms with Crippen LogP contribution < -0.4 is 14.8 Å². The predicted molar refractivity (Wildman–Crippen MR) is 132 cm³/mol. The summed E-state index contributed by atoms with van der Waals surface area (Å²) < 4.78 is 12.1. The van der Waals surface area contributed by atoms with Gasteiger partial charge in [-0.15, -0.1) is 0 Å². The van der Waals surface area contributed by atoms with Gasteiger partial charge in [0.15, 0.2) is 18.1 Å². The molecule has 1 amide bonds. The number of ether oxygens (including phenoxy) is 2. The van der Waals surface area contributed by atoms with Crippen molar-refractivity contribution in [2.45, 2.75) is 6.61 Å². The minimum absolute atomic E-state index is 0.0225. The maximum absolute atomic E-state index is 11.9. The number of rotatable bonds is 10. The van der Waals surface area contributed by atoms with Crippen LogP contribution in [-0.2, 0) is 16.2 Å². The van der Waals surface area contributed by atoms with Crippen LogP contribution in [0.15, 0.2) is 71.9 Å². The van der Waals surface area contributed by atoms with E-state index >= 15 is 0 Å². The molecule has 0 atom stereocenters. The van der Waals surface area contributed by atoms with Gasteiger partial charge in [-0.3, -0.25) is 14.9 Å². The number of amides is 1. The van der Waals surface area contributed by atoms with E-state index in [0.29, 0.717) is 22.7 Å². The third-order valence-electron chi connectivity index (χ3n) is 4.31. The largest absolute Gasteiger partial charge is 0.493 e. The fourth-order valence-corrected chi connectivity index (χ4v) is 3.52. The summed E-state index contributed by atoms with van der Waals surface area (Å²) in [6, 6.07) is 18.8. The molecule has 170 valence electrons. The monoisotopic (exact) mass is 561 g/mol. The number of hydrogen-bond acceptors (Lipinski definition) is 7. The van der Waals surface area contributed by atoms with Gasteiger partial charge in [-0.1, -0.05) is 23.4 Å². The van der Waals surface area contributed by atoms with E-state index in [1.54, 1.807) is 30.3 Å². The highest BCUT2D eigenvalue weighted by atomic mass is 127. The van der Waals surface area contributed by atoms with E-state index in [4.69, 9.17) is 14.3 Å². The maximum Gasteiger partial charge on any atom is 0.269 e. The predicted octanol–water partition coefficient (Wildman–Crippen LogP) is 4.78. The molecule has 0 aliphatic carbocycles. The maximum atomic E-state index is 11.9. The number of hydrogen-bond donors (Lipinski definition) is 1. The molecule has 3 rings (SSSR count). The molecular formula is C23H20IN3O6. The van der Waals surface area contributed by atoms with Gasteiger partial charge in [0, 0.05) is 23.4 Å². The van der Waals surface area contributed by atoms with Crippen LogP contribution in [0, 0.1) is 13.7 Å². The van der Waals surface area contributed by atoms with E-state index in [1.165, 1.54) is 25.5 Å². The molecule has 0 aromatic heterocycles. The average molecular weight is 561 g/mol. The quantitative estimate of drug-likeness (QED) is 0.165. The number of benzene rings is 3. The molecule has 0 aliphatic heterocycles. The topological polar surface area (TPSA) is 112 Å². The third kappa shape index (κ3) is 7.17. The molecule has 0 spiro atoms. The van der Waals surface area contributed by atoms with Crippen LogP contribution in [0.4, 0.5) is 11.4 Å². The molecule has 1 N–H and O–H groups in total. The van der Waals surface area contributed by atoms with Gasteiger partial charge < -0.3 is 19.6 Å². The molecule has 0 saturated carbocycles. The Morgan fingerprint density at radius 1 is 1.15 bits per heavy atom. The number of non-ortho nitro benzene ring substituents is 1. The smallest absolute Gasteiger partial charge is 0.269 e. The Balaban J connectivity index is 1.57. The lowest BCUT2D eigenvalue weighted by molar-refractivity contribution is -0.384. The number of anilines is 1. The van der Waals surface area contributed by atoms with Gasteiger partial charge >= 0.3 is 0 Å². The third-order valence-corrected chi connectivity index (χ3v) is 5.11. The normalized spacial score (nSPS) is 10.6. The second-order valence-electron chi connectivity index (χ2n) is 6.67. The van der Waals surface area contributed by atoms with Crippen LogP contribution in [0.25, 0.3) is 0 Å². The number of para-hydroxylation sites is 1. The number of nitrogens with one attached hydrogen (secondary N) is 1. The Hall–Kier alpha value is -3.67. The highest BCUT2D eigenvalue weighted by molar-refractivity contribution is 14.1. The van der Waals surface area contributed by atoms with Gasteiger partial charge in [-0.2, -0.15) is 0 Å². The number of nitro benzene ring substituents is 1. The summed E-state index contributed by atoms with van der Waals surface area (Å²) in [5, 5.41) is 17.3. The minimum Gasteiger partial charge on any atom is -0.493 e. The first-order valence-electron chi connectivity index (χ1n) is 9.70. The van der Waals surface area contributed by atoms with Crippen molar-refractivity contribution in [1.29, 1.82) is 0 Å². The van der Waals surface area contributed by atoms with Crippen molar-refractivity contribution in [1.82, 2.24) is 0 Å². The first kappa shape index (κ1) is 24.0. The molecule has 3 aromatic rings. The van der Waals surface area contributed by atoms with E-state index < -0.39 is 4.92 Å². The molecule has 0 aliphatic rings. The number of nitrogens with zero attached hydrogens (tertiary/aromatic N) is 2. The van der Waals surface area contributed by atoms with Crippen LogP contribution in [0.1, 0.15) is 11.1 Å². The molecule has 10 heteroatoms. The molecular weight excluding hydrogens is 541 g/mol. The van der Waals surface area contributed by atoms with Crippen molar-refractivity contribution in [2.24, 2.45) is 5.16 Å². The van der Waals surface area contributed by atoms with E-state index in [2.05, 4.69) is 33.1 Å². The van der Waals surface area contributed by atoms with Gasteiger partial charge in [-0.25, -0.2) is 0 Å². The minimum atomic E-state index is -0.448. The van der Waals surface area contributed by atoms with Crippen molar-refractivity contribution in [3.05, 3.63) is 91.5 Å². The summed E-state index contributed by atoms with van der Waals surface area (Å²) in [6.07, 6.45) is 1.47. The molecule has 9 nitrogen and oxygen atoms in total. The van der Waals surface area contributed by atoms with E-state index in [-0.39, 0.29) is 24.8 Å². The summed E-state index contributed by atoms with van der Waals surface area (Å²) >= 11 is 2.11. The number of halogens is 1. The highest BCUT2D eigenvalue weighted by Gasteiger charge is 2.12. The zero-order valence-corrected chi connectivity index (χ0v) is 19.7. The van der Waals surface area contributed by atoms with Crippen molar-refractivity contribution < 1.29 is 24.0 Å². The first-order chi connectivity index (χ1) is 16.0.